The molecule has 0 radical (unpaired) electrons. The number of carboxylic acid groups (broad SMARTS) is 1. The standard InChI is InChI=1S/C18H19N3O4S/c1-9-14(18(24)25)26-17(20-9)10(2)19-15(22)11-3-5-12(6-4-11)16(23)21-13-7-8-13/h3-6,10,13H,7-8H2,1-2H3,(H,19,22)(H,21,23)(H,24,25). The molecule has 1 atom stereocenters. The van der Waals surface area contributed by atoms with E-state index in [2.05, 4.69) is 15.6 Å². The number of hydrogen-bond donors (Lipinski definition) is 3. The Hall–Kier alpha value is -2.74. The molecule has 136 valence electrons. The largest absolute Gasteiger partial charge is 0.477 e. The first-order valence-electron chi connectivity index (χ1n) is 8.27. The van der Waals surface area contributed by atoms with Gasteiger partial charge in [-0.15, -0.1) is 11.3 Å². The Morgan fingerprint density at radius 1 is 1.15 bits per heavy atom. The molecule has 2 amide bonds. The number of aryl methyl sites for hydroxylation is 1. The summed E-state index contributed by atoms with van der Waals surface area (Å²) in [5.74, 6) is -1.46. The Kier molecular flexibility index (Phi) is 5.03. The third-order valence-electron chi connectivity index (χ3n) is 4.05. The van der Waals surface area contributed by atoms with Crippen molar-refractivity contribution in [2.24, 2.45) is 0 Å². The first-order valence-corrected chi connectivity index (χ1v) is 9.09. The number of carbonyl (C=O) groups excluding carboxylic acids is 2. The van der Waals surface area contributed by atoms with E-state index in [1.54, 1.807) is 38.1 Å². The van der Waals surface area contributed by atoms with E-state index in [-0.39, 0.29) is 22.7 Å². The summed E-state index contributed by atoms with van der Waals surface area (Å²) in [6.45, 7) is 3.38. The number of hydrogen-bond acceptors (Lipinski definition) is 5. The molecule has 1 aliphatic carbocycles. The zero-order valence-corrected chi connectivity index (χ0v) is 15.2. The lowest BCUT2D eigenvalue weighted by molar-refractivity contribution is 0.0700. The molecule has 1 fully saturated rings. The molecule has 0 spiro atoms. The average Bonchev–Trinajstić information content (AvgIpc) is 3.33. The maximum Gasteiger partial charge on any atom is 0.347 e. The molecule has 1 aliphatic rings. The second kappa shape index (κ2) is 7.25. The number of nitrogens with one attached hydrogen (secondary N) is 2. The highest BCUT2D eigenvalue weighted by molar-refractivity contribution is 7.13. The van der Waals surface area contributed by atoms with Gasteiger partial charge in [-0.1, -0.05) is 0 Å². The minimum absolute atomic E-state index is 0.132. The summed E-state index contributed by atoms with van der Waals surface area (Å²) < 4.78 is 0. The molecule has 8 heteroatoms. The molecule has 2 aromatic rings. The first-order chi connectivity index (χ1) is 12.3. The molecule has 1 heterocycles. The van der Waals surface area contributed by atoms with Crippen LogP contribution in [0.25, 0.3) is 0 Å². The lowest BCUT2D eigenvalue weighted by atomic mass is 10.1. The van der Waals surface area contributed by atoms with Crippen molar-refractivity contribution in [1.82, 2.24) is 15.6 Å². The molecule has 1 unspecified atom stereocenters. The van der Waals surface area contributed by atoms with Crippen molar-refractivity contribution in [3.8, 4) is 0 Å². The van der Waals surface area contributed by atoms with E-state index in [1.807, 2.05) is 0 Å². The van der Waals surface area contributed by atoms with E-state index in [1.165, 1.54) is 0 Å². The van der Waals surface area contributed by atoms with Gasteiger partial charge in [-0.25, -0.2) is 9.78 Å². The summed E-state index contributed by atoms with van der Waals surface area (Å²) in [4.78, 5) is 39.8. The van der Waals surface area contributed by atoms with E-state index in [9.17, 15) is 14.4 Å². The zero-order chi connectivity index (χ0) is 18.8. The van der Waals surface area contributed by atoms with Gasteiger partial charge in [0.15, 0.2) is 0 Å². The summed E-state index contributed by atoms with van der Waals surface area (Å²) in [6, 6.07) is 6.29. The van der Waals surface area contributed by atoms with Crippen LogP contribution in [-0.4, -0.2) is 33.9 Å². The Bertz CT molecular complexity index is 856. The highest BCUT2D eigenvalue weighted by atomic mass is 32.1. The minimum Gasteiger partial charge on any atom is -0.477 e. The summed E-state index contributed by atoms with van der Waals surface area (Å²) >= 11 is 1.05. The van der Waals surface area contributed by atoms with Crippen LogP contribution in [0.1, 0.15) is 66.9 Å². The molecule has 0 aliphatic heterocycles. The molecule has 0 saturated heterocycles. The summed E-state index contributed by atoms with van der Waals surface area (Å²) in [5.41, 5.74) is 1.37. The second-order valence-corrected chi connectivity index (χ2v) is 7.32. The van der Waals surface area contributed by atoms with Crippen molar-refractivity contribution >= 4 is 29.1 Å². The Morgan fingerprint density at radius 2 is 1.73 bits per heavy atom. The number of aromatic carboxylic acids is 1. The maximum absolute atomic E-state index is 12.4. The van der Waals surface area contributed by atoms with Crippen molar-refractivity contribution in [3.63, 3.8) is 0 Å². The molecular weight excluding hydrogens is 354 g/mol. The predicted octanol–water partition coefficient (Wildman–Crippen LogP) is 2.53. The smallest absolute Gasteiger partial charge is 0.347 e. The van der Waals surface area contributed by atoms with Gasteiger partial charge in [-0.05, 0) is 51.0 Å². The molecule has 26 heavy (non-hydrogen) atoms. The van der Waals surface area contributed by atoms with E-state index in [4.69, 9.17) is 5.11 Å². The predicted molar refractivity (Wildman–Crippen MR) is 96.6 cm³/mol. The van der Waals surface area contributed by atoms with Crippen LogP contribution in [0, 0.1) is 6.92 Å². The van der Waals surface area contributed by atoms with Gasteiger partial charge < -0.3 is 15.7 Å². The molecule has 1 aromatic carbocycles. The lowest BCUT2D eigenvalue weighted by Crippen LogP contribution is -2.27. The number of thiazole rings is 1. The monoisotopic (exact) mass is 373 g/mol. The van der Waals surface area contributed by atoms with E-state index in [0.29, 0.717) is 21.8 Å². The van der Waals surface area contributed by atoms with Crippen LogP contribution in [-0.2, 0) is 0 Å². The second-order valence-electron chi connectivity index (χ2n) is 6.29. The van der Waals surface area contributed by atoms with Crippen molar-refractivity contribution in [3.05, 3.63) is 51.0 Å². The Balaban J connectivity index is 1.64. The fourth-order valence-corrected chi connectivity index (χ4v) is 3.32. The van der Waals surface area contributed by atoms with Gasteiger partial charge in [0.05, 0.1) is 11.7 Å². The number of carboxylic acids is 1. The number of aromatic nitrogens is 1. The van der Waals surface area contributed by atoms with Crippen LogP contribution in [0.3, 0.4) is 0 Å². The Morgan fingerprint density at radius 3 is 2.23 bits per heavy atom. The van der Waals surface area contributed by atoms with Crippen molar-refractivity contribution < 1.29 is 19.5 Å². The van der Waals surface area contributed by atoms with E-state index >= 15 is 0 Å². The van der Waals surface area contributed by atoms with E-state index in [0.717, 1.165) is 24.2 Å². The quantitative estimate of drug-likeness (QED) is 0.721. The van der Waals surface area contributed by atoms with Crippen LogP contribution in [0.5, 0.6) is 0 Å². The molecule has 3 rings (SSSR count). The van der Waals surface area contributed by atoms with Crippen molar-refractivity contribution in [1.29, 1.82) is 0 Å². The number of amides is 2. The highest BCUT2D eigenvalue weighted by Gasteiger charge is 2.24. The maximum atomic E-state index is 12.4. The first kappa shape index (κ1) is 18.1. The summed E-state index contributed by atoms with van der Waals surface area (Å²) in [7, 11) is 0. The van der Waals surface area contributed by atoms with Gasteiger partial charge in [0.1, 0.15) is 9.88 Å². The normalized spacial score (nSPS) is 14.5. The van der Waals surface area contributed by atoms with Crippen LogP contribution in [0.4, 0.5) is 0 Å². The third kappa shape index (κ3) is 4.08. The summed E-state index contributed by atoms with van der Waals surface area (Å²) in [5, 5.41) is 15.3. The van der Waals surface area contributed by atoms with Gasteiger partial charge in [-0.3, -0.25) is 9.59 Å². The minimum atomic E-state index is -1.02. The number of carbonyl (C=O) groups is 3. The van der Waals surface area contributed by atoms with Crippen LogP contribution in [0.15, 0.2) is 24.3 Å². The van der Waals surface area contributed by atoms with Gasteiger partial charge in [0.2, 0.25) is 0 Å². The fraction of sp³-hybridized carbons (Fsp3) is 0.333. The van der Waals surface area contributed by atoms with Gasteiger partial charge in [0.25, 0.3) is 11.8 Å². The average molecular weight is 373 g/mol. The van der Waals surface area contributed by atoms with Crippen LogP contribution in [0.2, 0.25) is 0 Å². The zero-order valence-electron chi connectivity index (χ0n) is 14.4. The SMILES string of the molecule is Cc1nc(C(C)NC(=O)c2ccc(C(=O)NC3CC3)cc2)sc1C(=O)O. The molecule has 7 nitrogen and oxygen atoms in total. The number of nitrogens with zero attached hydrogens (tertiary/aromatic N) is 1. The third-order valence-corrected chi connectivity index (χ3v) is 5.38. The topological polar surface area (TPSA) is 108 Å². The fourth-order valence-electron chi connectivity index (χ4n) is 2.41. The molecule has 0 bridgehead atoms. The van der Waals surface area contributed by atoms with Crippen molar-refractivity contribution in [2.75, 3.05) is 0 Å². The van der Waals surface area contributed by atoms with Gasteiger partial charge in [0, 0.05) is 17.2 Å². The van der Waals surface area contributed by atoms with Gasteiger partial charge in [-0.2, -0.15) is 0 Å². The number of benzene rings is 1. The molecule has 1 saturated carbocycles. The van der Waals surface area contributed by atoms with Crippen LogP contribution >= 0.6 is 11.3 Å². The molecular formula is C18H19N3O4S. The van der Waals surface area contributed by atoms with Crippen molar-refractivity contribution in [2.45, 2.75) is 38.8 Å². The van der Waals surface area contributed by atoms with E-state index < -0.39 is 12.0 Å². The summed E-state index contributed by atoms with van der Waals surface area (Å²) in [6.07, 6.45) is 2.04. The van der Waals surface area contributed by atoms with Crippen LogP contribution < -0.4 is 10.6 Å². The lowest BCUT2D eigenvalue weighted by Gasteiger charge is -2.11. The highest BCUT2D eigenvalue weighted by Crippen LogP contribution is 2.24. The Labute approximate surface area is 154 Å². The number of rotatable bonds is 6. The molecule has 3 N–H and O–H groups in total. The molecule has 1 aromatic heterocycles. The van der Waals surface area contributed by atoms with Gasteiger partial charge >= 0.3 is 5.97 Å².